The summed E-state index contributed by atoms with van der Waals surface area (Å²) in [5.74, 6) is 0.336. The molecule has 5 heteroatoms. The second kappa shape index (κ2) is 7.22. The summed E-state index contributed by atoms with van der Waals surface area (Å²) in [6.07, 6.45) is 6.42. The third-order valence-corrected chi connectivity index (χ3v) is 5.98. The number of carbonyl (C=O) groups excluding carboxylic acids is 2. The third kappa shape index (κ3) is 3.38. The number of rotatable bonds is 3. The number of nitrogens with one attached hydrogen (secondary N) is 1. The summed E-state index contributed by atoms with van der Waals surface area (Å²) >= 11 is 0. The minimum atomic E-state index is -0.627. The number of hydrogen-bond acceptors (Lipinski definition) is 2. The number of aryl methyl sites for hydroxylation is 1. The Morgan fingerprint density at radius 1 is 1.11 bits per heavy atom. The molecule has 2 aliphatic rings. The predicted octanol–water partition coefficient (Wildman–Crippen LogP) is 3.58. The highest BCUT2D eigenvalue weighted by Gasteiger charge is 2.39. The standard InChI is InChI=1S/C22H27N3O2/c1-15-9-11-17(12-10-15)25-20(26)14-24-13-5-8-19(24)21(25)22(27)23-18-7-4-3-6-16(18)2/h5,8-13,16,18,21H,3-4,6-7,14H2,1-2H3,(H,23,27)/t16-,18-,21+/m0/s1. The molecular weight excluding hydrogens is 338 g/mol. The molecule has 27 heavy (non-hydrogen) atoms. The second-order valence-corrected chi connectivity index (χ2v) is 7.94. The van der Waals surface area contributed by atoms with Crippen molar-refractivity contribution in [1.29, 1.82) is 0 Å². The molecule has 1 aliphatic heterocycles. The molecule has 0 radical (unpaired) electrons. The van der Waals surface area contributed by atoms with E-state index in [4.69, 9.17) is 0 Å². The van der Waals surface area contributed by atoms with Crippen LogP contribution in [0.1, 0.15) is 49.9 Å². The maximum absolute atomic E-state index is 13.4. The summed E-state index contributed by atoms with van der Waals surface area (Å²) in [7, 11) is 0. The van der Waals surface area contributed by atoms with Gasteiger partial charge in [-0.2, -0.15) is 0 Å². The molecule has 1 aliphatic carbocycles. The van der Waals surface area contributed by atoms with Crippen molar-refractivity contribution >= 4 is 17.5 Å². The summed E-state index contributed by atoms with van der Waals surface area (Å²) in [5, 5.41) is 3.25. The third-order valence-electron chi connectivity index (χ3n) is 5.98. The molecule has 1 aromatic heterocycles. The fourth-order valence-electron chi connectivity index (χ4n) is 4.36. The van der Waals surface area contributed by atoms with Crippen LogP contribution in [0.4, 0.5) is 5.69 Å². The van der Waals surface area contributed by atoms with Crippen molar-refractivity contribution in [2.45, 2.75) is 58.2 Å². The molecule has 0 bridgehead atoms. The van der Waals surface area contributed by atoms with Gasteiger partial charge in [-0.3, -0.25) is 14.5 Å². The van der Waals surface area contributed by atoms with Gasteiger partial charge in [0.25, 0.3) is 0 Å². The SMILES string of the molecule is Cc1ccc(N2C(=O)Cn3cccc3[C@@H]2C(=O)N[C@H]2CCCC[C@@H]2C)cc1. The van der Waals surface area contributed by atoms with E-state index in [0.717, 1.165) is 36.2 Å². The van der Waals surface area contributed by atoms with Gasteiger partial charge in [0.2, 0.25) is 11.8 Å². The molecule has 5 nitrogen and oxygen atoms in total. The van der Waals surface area contributed by atoms with Crippen molar-refractivity contribution in [1.82, 2.24) is 9.88 Å². The van der Waals surface area contributed by atoms with Crippen molar-refractivity contribution in [3.05, 3.63) is 53.9 Å². The van der Waals surface area contributed by atoms with Gasteiger partial charge in [0, 0.05) is 17.9 Å². The van der Waals surface area contributed by atoms with Crippen LogP contribution in [0.25, 0.3) is 0 Å². The number of fused-ring (bicyclic) bond motifs is 1. The summed E-state index contributed by atoms with van der Waals surface area (Å²) in [4.78, 5) is 28.0. The van der Waals surface area contributed by atoms with Crippen molar-refractivity contribution < 1.29 is 9.59 Å². The summed E-state index contributed by atoms with van der Waals surface area (Å²) < 4.78 is 1.89. The molecule has 142 valence electrons. The molecule has 4 rings (SSSR count). The Labute approximate surface area is 160 Å². The number of nitrogens with zero attached hydrogens (tertiary/aromatic N) is 2. The molecule has 0 saturated heterocycles. The zero-order valence-electron chi connectivity index (χ0n) is 16.0. The molecule has 0 unspecified atom stereocenters. The Morgan fingerprint density at radius 2 is 1.85 bits per heavy atom. The van der Waals surface area contributed by atoms with E-state index in [1.165, 1.54) is 6.42 Å². The number of amides is 2. The molecule has 1 N–H and O–H groups in total. The fraction of sp³-hybridized carbons (Fsp3) is 0.455. The van der Waals surface area contributed by atoms with Crippen LogP contribution in [-0.2, 0) is 16.1 Å². The first-order valence-electron chi connectivity index (χ1n) is 9.89. The maximum Gasteiger partial charge on any atom is 0.249 e. The minimum absolute atomic E-state index is 0.0561. The van der Waals surface area contributed by atoms with E-state index < -0.39 is 6.04 Å². The first kappa shape index (κ1) is 17.8. The zero-order valence-corrected chi connectivity index (χ0v) is 16.0. The van der Waals surface area contributed by atoms with Gasteiger partial charge in [0.05, 0.1) is 5.69 Å². The van der Waals surface area contributed by atoms with Crippen LogP contribution < -0.4 is 10.2 Å². The summed E-state index contributed by atoms with van der Waals surface area (Å²) in [6, 6.07) is 11.2. The second-order valence-electron chi connectivity index (χ2n) is 7.94. The van der Waals surface area contributed by atoms with Crippen LogP contribution in [-0.4, -0.2) is 22.4 Å². The molecular formula is C22H27N3O2. The highest BCUT2D eigenvalue weighted by molar-refractivity contribution is 6.02. The van der Waals surface area contributed by atoms with E-state index in [0.29, 0.717) is 5.92 Å². The lowest BCUT2D eigenvalue weighted by Crippen LogP contribution is -2.52. The molecule has 1 saturated carbocycles. The summed E-state index contributed by atoms with van der Waals surface area (Å²) in [6.45, 7) is 4.48. The predicted molar refractivity (Wildman–Crippen MR) is 105 cm³/mol. The Hall–Kier alpha value is -2.56. The lowest BCUT2D eigenvalue weighted by molar-refractivity contribution is -0.129. The van der Waals surface area contributed by atoms with E-state index in [1.807, 2.05) is 54.1 Å². The van der Waals surface area contributed by atoms with E-state index in [2.05, 4.69) is 12.2 Å². The van der Waals surface area contributed by atoms with Gasteiger partial charge in [-0.25, -0.2) is 0 Å². The molecule has 2 amide bonds. The van der Waals surface area contributed by atoms with Crippen LogP contribution in [0.3, 0.4) is 0 Å². The highest BCUT2D eigenvalue weighted by Crippen LogP contribution is 2.33. The maximum atomic E-state index is 13.4. The first-order valence-corrected chi connectivity index (χ1v) is 9.89. The van der Waals surface area contributed by atoms with E-state index in [1.54, 1.807) is 4.90 Å². The van der Waals surface area contributed by atoms with E-state index in [9.17, 15) is 9.59 Å². The van der Waals surface area contributed by atoms with Gasteiger partial charge in [-0.1, -0.05) is 37.5 Å². The lowest BCUT2D eigenvalue weighted by atomic mass is 9.85. The highest BCUT2D eigenvalue weighted by atomic mass is 16.2. The number of carbonyl (C=O) groups is 2. The van der Waals surface area contributed by atoms with Crippen LogP contribution in [0.15, 0.2) is 42.6 Å². The molecule has 2 heterocycles. The fourth-order valence-corrected chi connectivity index (χ4v) is 4.36. The van der Waals surface area contributed by atoms with Gasteiger partial charge in [-0.05, 0) is 49.9 Å². The first-order chi connectivity index (χ1) is 13.0. The monoisotopic (exact) mass is 365 g/mol. The van der Waals surface area contributed by atoms with Gasteiger partial charge in [0.15, 0.2) is 6.04 Å². The largest absolute Gasteiger partial charge is 0.351 e. The van der Waals surface area contributed by atoms with Crippen LogP contribution in [0, 0.1) is 12.8 Å². The number of anilines is 1. The average Bonchev–Trinajstić information content (AvgIpc) is 3.11. The van der Waals surface area contributed by atoms with E-state index >= 15 is 0 Å². The number of benzene rings is 1. The molecule has 3 atom stereocenters. The molecule has 1 fully saturated rings. The summed E-state index contributed by atoms with van der Waals surface area (Å²) in [5.41, 5.74) is 2.77. The van der Waals surface area contributed by atoms with Crippen molar-refractivity contribution in [3.8, 4) is 0 Å². The van der Waals surface area contributed by atoms with Gasteiger partial charge < -0.3 is 9.88 Å². The molecule has 2 aromatic rings. The number of aromatic nitrogens is 1. The number of hydrogen-bond donors (Lipinski definition) is 1. The van der Waals surface area contributed by atoms with Crippen molar-refractivity contribution in [2.24, 2.45) is 5.92 Å². The smallest absolute Gasteiger partial charge is 0.249 e. The molecule has 1 aromatic carbocycles. The topological polar surface area (TPSA) is 54.3 Å². The Kier molecular flexibility index (Phi) is 4.77. The Balaban J connectivity index is 1.68. The van der Waals surface area contributed by atoms with Crippen molar-refractivity contribution in [3.63, 3.8) is 0 Å². The lowest BCUT2D eigenvalue weighted by Gasteiger charge is -2.38. The Morgan fingerprint density at radius 3 is 2.59 bits per heavy atom. The van der Waals surface area contributed by atoms with Gasteiger partial charge in [0.1, 0.15) is 6.54 Å². The van der Waals surface area contributed by atoms with Crippen LogP contribution in [0.2, 0.25) is 0 Å². The van der Waals surface area contributed by atoms with E-state index in [-0.39, 0.29) is 24.4 Å². The Bertz CT molecular complexity index is 839. The minimum Gasteiger partial charge on any atom is -0.351 e. The van der Waals surface area contributed by atoms with Crippen LogP contribution >= 0.6 is 0 Å². The average molecular weight is 365 g/mol. The van der Waals surface area contributed by atoms with Crippen molar-refractivity contribution in [2.75, 3.05) is 4.90 Å². The van der Waals surface area contributed by atoms with Crippen LogP contribution in [0.5, 0.6) is 0 Å². The van der Waals surface area contributed by atoms with Gasteiger partial charge >= 0.3 is 0 Å². The quantitative estimate of drug-likeness (QED) is 0.904. The van der Waals surface area contributed by atoms with Gasteiger partial charge in [-0.15, -0.1) is 0 Å². The molecule has 0 spiro atoms. The zero-order chi connectivity index (χ0) is 19.0. The normalized spacial score (nSPS) is 25.2.